The molecule has 0 aliphatic heterocycles. The van der Waals surface area contributed by atoms with Crippen molar-refractivity contribution in [3.05, 3.63) is 29.8 Å². The van der Waals surface area contributed by atoms with Gasteiger partial charge in [-0.3, -0.25) is 14.4 Å². The minimum Gasteiger partial charge on any atom is -0.394 e. The monoisotopic (exact) mass is 739 g/mol. The third-order valence-corrected chi connectivity index (χ3v) is 8.77. The highest BCUT2D eigenvalue weighted by molar-refractivity contribution is 5.98. The average Bonchev–Trinajstić information content (AvgIpc) is 3.12. The zero-order chi connectivity index (χ0) is 38.9. The van der Waals surface area contributed by atoms with Gasteiger partial charge in [0, 0.05) is 12.2 Å². The first-order valence-electron chi connectivity index (χ1n) is 18.5. The van der Waals surface area contributed by atoms with E-state index in [-0.39, 0.29) is 38.7 Å². The zero-order valence-corrected chi connectivity index (χ0v) is 31.0. The van der Waals surface area contributed by atoms with Crippen molar-refractivity contribution < 1.29 is 44.7 Å². The smallest absolute Gasteiger partial charge is 0.312 e. The van der Waals surface area contributed by atoms with Crippen LogP contribution in [0, 0.1) is 5.92 Å². The lowest BCUT2D eigenvalue weighted by molar-refractivity contribution is -0.132. The topological polar surface area (TPSA) is 273 Å². The van der Waals surface area contributed by atoms with E-state index in [1.54, 1.807) is 38.1 Å². The number of anilines is 1. The Kier molecular flexibility index (Phi) is 24.4. The molecule has 0 radical (unpaired) electrons. The van der Waals surface area contributed by atoms with Gasteiger partial charge >= 0.3 is 6.03 Å². The van der Waals surface area contributed by atoms with Crippen LogP contribution < -0.4 is 32.7 Å². The molecule has 0 bridgehead atoms. The fourth-order valence-electron chi connectivity index (χ4n) is 5.55. The normalized spacial score (nSPS) is 14.3. The summed E-state index contributed by atoms with van der Waals surface area (Å²) in [6.45, 7) is 5.44. The van der Waals surface area contributed by atoms with Crippen molar-refractivity contribution >= 4 is 29.4 Å². The van der Waals surface area contributed by atoms with Gasteiger partial charge in [0.05, 0.1) is 38.1 Å². The predicted octanol–water partition coefficient (Wildman–Crippen LogP) is 0.0381. The van der Waals surface area contributed by atoms with Gasteiger partial charge in [-0.2, -0.15) is 0 Å². The number of unbranched alkanes of at least 4 members (excludes halogenated alkanes) is 3. The molecular weight excluding hydrogens is 674 g/mol. The quantitative estimate of drug-likeness (QED) is 0.0488. The number of urea groups is 1. The minimum atomic E-state index is -0.992. The molecule has 5 amide bonds. The highest BCUT2D eigenvalue weighted by Gasteiger charge is 2.30. The molecule has 5 atom stereocenters. The van der Waals surface area contributed by atoms with Crippen LogP contribution in [0.25, 0.3) is 0 Å². The van der Waals surface area contributed by atoms with E-state index in [2.05, 4.69) is 26.2 Å². The van der Waals surface area contributed by atoms with Crippen molar-refractivity contribution in [3.8, 4) is 0 Å². The Morgan fingerprint density at radius 2 is 1.25 bits per heavy atom. The standard InChI is InChI=1S/C36H65N7O9/c1-25(2)32(35(51)41-31(13-9-18-39-36(38)52)34(50)40-27-16-14-26(22-44)15-17-27)42-33(49)30(37)12-5-8-21-43(19-6-3-10-28(47)23-45)20-7-4-11-29(48)24-46/h14-17,25,28-32,44-48H,3-13,18-24,37H2,1-2H3,(H,40,50)(H,41,51)(H,42,49)(H3,38,39,52)/t28?,29?,30?,31-,32?/m0/s1. The molecule has 13 N–H and O–H groups in total. The lowest BCUT2D eigenvalue weighted by Crippen LogP contribution is -2.56. The van der Waals surface area contributed by atoms with Crippen LogP contribution >= 0.6 is 0 Å². The maximum absolute atomic E-state index is 13.5. The van der Waals surface area contributed by atoms with Crippen LogP contribution in [0.5, 0.6) is 0 Å². The summed E-state index contributed by atoms with van der Waals surface area (Å²) >= 11 is 0. The van der Waals surface area contributed by atoms with Gasteiger partial charge in [0.2, 0.25) is 17.7 Å². The number of carbonyl (C=O) groups is 4. The minimum absolute atomic E-state index is 0.148. The largest absolute Gasteiger partial charge is 0.394 e. The summed E-state index contributed by atoms with van der Waals surface area (Å²) in [5, 5.41) is 57.4. The van der Waals surface area contributed by atoms with E-state index in [1.165, 1.54) is 0 Å². The SMILES string of the molecule is CC(C)C(NC(=O)C(N)CCCCN(CCCCC(O)CO)CCCCC(O)CO)C(=O)N[C@@H](CCCNC(N)=O)C(=O)Nc1ccc(CO)cc1. The molecule has 0 saturated heterocycles. The molecule has 0 spiro atoms. The van der Waals surface area contributed by atoms with Gasteiger partial charge in [-0.1, -0.05) is 32.4 Å². The van der Waals surface area contributed by atoms with Crippen molar-refractivity contribution in [2.45, 2.75) is 121 Å². The van der Waals surface area contributed by atoms with Gasteiger partial charge in [-0.05, 0) is 107 Å². The maximum atomic E-state index is 13.5. The van der Waals surface area contributed by atoms with Crippen molar-refractivity contribution in [1.82, 2.24) is 20.9 Å². The molecule has 0 saturated carbocycles. The van der Waals surface area contributed by atoms with Crippen molar-refractivity contribution in [1.29, 1.82) is 0 Å². The molecule has 52 heavy (non-hydrogen) atoms. The van der Waals surface area contributed by atoms with E-state index in [0.29, 0.717) is 43.4 Å². The number of aliphatic hydroxyl groups is 5. The van der Waals surface area contributed by atoms with E-state index in [0.717, 1.165) is 51.7 Å². The molecule has 16 heteroatoms. The number of amides is 5. The van der Waals surface area contributed by atoms with Gasteiger partial charge in [0.25, 0.3) is 0 Å². The number of nitrogens with one attached hydrogen (secondary N) is 4. The Balaban J connectivity index is 2.75. The predicted molar refractivity (Wildman–Crippen MR) is 199 cm³/mol. The summed E-state index contributed by atoms with van der Waals surface area (Å²) in [4.78, 5) is 53.2. The van der Waals surface area contributed by atoms with Crippen LogP contribution in [0.2, 0.25) is 0 Å². The lowest BCUT2D eigenvalue weighted by atomic mass is 10.0. The lowest BCUT2D eigenvalue weighted by Gasteiger charge is -2.26. The van der Waals surface area contributed by atoms with E-state index in [9.17, 15) is 34.5 Å². The van der Waals surface area contributed by atoms with Crippen molar-refractivity contribution in [2.75, 3.05) is 44.7 Å². The summed E-state index contributed by atoms with van der Waals surface area (Å²) in [6, 6.07) is 3.06. The molecule has 16 nitrogen and oxygen atoms in total. The van der Waals surface area contributed by atoms with Gasteiger partial charge in [-0.25, -0.2) is 4.79 Å². The van der Waals surface area contributed by atoms with Crippen LogP contribution in [0.3, 0.4) is 0 Å². The number of nitrogens with zero attached hydrogens (tertiary/aromatic N) is 1. The molecule has 1 rings (SSSR count). The second-order valence-electron chi connectivity index (χ2n) is 13.7. The Morgan fingerprint density at radius 1 is 0.712 bits per heavy atom. The molecule has 0 fully saturated rings. The number of hydrogen-bond acceptors (Lipinski definition) is 11. The molecule has 4 unspecified atom stereocenters. The average molecular weight is 740 g/mol. The van der Waals surface area contributed by atoms with Gasteiger partial charge in [-0.15, -0.1) is 0 Å². The Hall–Kier alpha value is -3.38. The van der Waals surface area contributed by atoms with Crippen molar-refractivity contribution in [3.63, 3.8) is 0 Å². The third-order valence-electron chi connectivity index (χ3n) is 8.77. The van der Waals surface area contributed by atoms with Crippen LogP contribution in [-0.2, 0) is 21.0 Å². The molecule has 0 aliphatic rings. The Morgan fingerprint density at radius 3 is 1.73 bits per heavy atom. The summed E-state index contributed by atoms with van der Waals surface area (Å²) in [7, 11) is 0. The maximum Gasteiger partial charge on any atom is 0.312 e. The Labute approximate surface area is 308 Å². The summed E-state index contributed by atoms with van der Waals surface area (Å²) in [6.07, 6.45) is 5.20. The number of benzene rings is 1. The third kappa shape index (κ3) is 20.6. The second-order valence-corrected chi connectivity index (χ2v) is 13.7. The van der Waals surface area contributed by atoms with E-state index in [4.69, 9.17) is 21.7 Å². The second kappa shape index (κ2) is 27.3. The fourth-order valence-corrected chi connectivity index (χ4v) is 5.55. The number of primary amides is 1. The van der Waals surface area contributed by atoms with Crippen LogP contribution in [0.1, 0.15) is 90.0 Å². The molecule has 0 aliphatic carbocycles. The van der Waals surface area contributed by atoms with Gasteiger partial charge in [0.1, 0.15) is 12.1 Å². The van der Waals surface area contributed by atoms with E-state index in [1.807, 2.05) is 0 Å². The summed E-state index contributed by atoms with van der Waals surface area (Å²) in [5.41, 5.74) is 12.5. The first kappa shape index (κ1) is 46.6. The summed E-state index contributed by atoms with van der Waals surface area (Å²) in [5.74, 6) is -1.85. The molecule has 298 valence electrons. The first-order valence-corrected chi connectivity index (χ1v) is 18.5. The van der Waals surface area contributed by atoms with Gasteiger partial charge < -0.3 is 63.2 Å². The molecule has 1 aromatic carbocycles. The molecule has 0 aromatic heterocycles. The van der Waals surface area contributed by atoms with Crippen LogP contribution in [-0.4, -0.2) is 124 Å². The highest BCUT2D eigenvalue weighted by atomic mass is 16.3. The van der Waals surface area contributed by atoms with E-state index < -0.39 is 54.1 Å². The molecule has 1 aromatic rings. The van der Waals surface area contributed by atoms with E-state index >= 15 is 0 Å². The fraction of sp³-hybridized carbons (Fsp3) is 0.722. The highest BCUT2D eigenvalue weighted by Crippen LogP contribution is 2.13. The van der Waals surface area contributed by atoms with Crippen LogP contribution in [0.4, 0.5) is 10.5 Å². The first-order chi connectivity index (χ1) is 24.8. The summed E-state index contributed by atoms with van der Waals surface area (Å²) < 4.78 is 0. The number of nitrogens with two attached hydrogens (primary N) is 2. The van der Waals surface area contributed by atoms with Crippen LogP contribution in [0.15, 0.2) is 24.3 Å². The zero-order valence-electron chi connectivity index (χ0n) is 31.0. The number of carbonyl (C=O) groups excluding carboxylic acids is 4. The number of aliphatic hydroxyl groups excluding tert-OH is 5. The Bertz CT molecular complexity index is 1140. The van der Waals surface area contributed by atoms with Gasteiger partial charge in [0.15, 0.2) is 0 Å². The molecular formula is C36H65N7O9. The molecule has 0 heterocycles. The van der Waals surface area contributed by atoms with Crippen molar-refractivity contribution in [2.24, 2.45) is 17.4 Å². The number of rotatable bonds is 29. The number of hydrogen-bond donors (Lipinski definition) is 11.